The van der Waals surface area contributed by atoms with Crippen LogP contribution in [0, 0.1) is 0 Å². The third kappa shape index (κ3) is 2.57. The molecule has 1 aromatic heterocycles. The molecular formula is C13H12Br2N2O2. The van der Waals surface area contributed by atoms with Crippen LogP contribution in [0.25, 0.3) is 11.0 Å². The van der Waals surface area contributed by atoms with E-state index >= 15 is 0 Å². The predicted molar refractivity (Wildman–Crippen MR) is 80.4 cm³/mol. The predicted octanol–water partition coefficient (Wildman–Crippen LogP) is 3.00. The number of hydrogen-bond donors (Lipinski definition) is 1. The van der Waals surface area contributed by atoms with Gasteiger partial charge < -0.3 is 14.6 Å². The molecule has 1 N–H and O–H groups in total. The molecule has 19 heavy (non-hydrogen) atoms. The molecule has 2 heterocycles. The van der Waals surface area contributed by atoms with Gasteiger partial charge in [-0.2, -0.15) is 0 Å². The number of rotatable bonds is 1. The van der Waals surface area contributed by atoms with Gasteiger partial charge in [-0.15, -0.1) is 0 Å². The first-order valence-electron chi connectivity index (χ1n) is 6.04. The van der Waals surface area contributed by atoms with Gasteiger partial charge in [0.15, 0.2) is 5.76 Å². The number of amides is 1. The Morgan fingerprint density at radius 2 is 1.95 bits per heavy atom. The van der Waals surface area contributed by atoms with E-state index in [0.29, 0.717) is 11.3 Å². The number of fused-ring (bicyclic) bond motifs is 1. The highest BCUT2D eigenvalue weighted by Gasteiger charge is 2.22. The average molecular weight is 388 g/mol. The monoisotopic (exact) mass is 386 g/mol. The van der Waals surface area contributed by atoms with Crippen molar-refractivity contribution in [1.82, 2.24) is 10.2 Å². The van der Waals surface area contributed by atoms with Crippen molar-refractivity contribution >= 4 is 48.7 Å². The maximum absolute atomic E-state index is 12.3. The van der Waals surface area contributed by atoms with Crippen molar-refractivity contribution in [2.75, 3.05) is 26.2 Å². The van der Waals surface area contributed by atoms with Crippen LogP contribution >= 0.6 is 31.9 Å². The molecule has 100 valence electrons. The number of furan rings is 1. The van der Waals surface area contributed by atoms with Crippen LogP contribution in [-0.4, -0.2) is 37.0 Å². The Morgan fingerprint density at radius 3 is 2.68 bits per heavy atom. The Labute approximate surface area is 127 Å². The van der Waals surface area contributed by atoms with Crippen LogP contribution in [0.1, 0.15) is 10.6 Å². The fourth-order valence-corrected chi connectivity index (χ4v) is 3.54. The maximum Gasteiger partial charge on any atom is 0.289 e. The zero-order valence-corrected chi connectivity index (χ0v) is 13.3. The van der Waals surface area contributed by atoms with Gasteiger partial charge in [-0.05, 0) is 34.1 Å². The molecule has 4 nitrogen and oxygen atoms in total. The summed E-state index contributed by atoms with van der Waals surface area (Å²) in [5.74, 6) is 0.358. The molecule has 3 rings (SSSR count). The van der Waals surface area contributed by atoms with Gasteiger partial charge in [0.25, 0.3) is 5.91 Å². The second kappa shape index (κ2) is 5.26. The summed E-state index contributed by atoms with van der Waals surface area (Å²) >= 11 is 6.88. The summed E-state index contributed by atoms with van der Waals surface area (Å²) in [5.41, 5.74) is 0.710. The van der Waals surface area contributed by atoms with Gasteiger partial charge in [-0.3, -0.25) is 4.79 Å². The molecule has 1 fully saturated rings. The molecule has 1 amide bonds. The second-order valence-electron chi connectivity index (χ2n) is 4.46. The van der Waals surface area contributed by atoms with E-state index in [9.17, 15) is 4.79 Å². The third-order valence-corrected chi connectivity index (χ3v) is 4.20. The Morgan fingerprint density at radius 1 is 1.21 bits per heavy atom. The quantitative estimate of drug-likeness (QED) is 0.818. The number of piperazine rings is 1. The molecule has 0 spiro atoms. The van der Waals surface area contributed by atoms with Crippen molar-refractivity contribution in [3.8, 4) is 0 Å². The summed E-state index contributed by atoms with van der Waals surface area (Å²) in [5, 5.41) is 4.14. The zero-order chi connectivity index (χ0) is 13.4. The number of halogens is 2. The van der Waals surface area contributed by atoms with Gasteiger partial charge in [-0.1, -0.05) is 15.9 Å². The molecule has 1 aliphatic heterocycles. The van der Waals surface area contributed by atoms with Crippen LogP contribution in [0.4, 0.5) is 0 Å². The van der Waals surface area contributed by atoms with Crippen molar-refractivity contribution in [2.45, 2.75) is 0 Å². The SMILES string of the molecule is O=C(c1cc2cc(Br)cc(Br)c2o1)N1CCNCC1. The molecule has 2 aromatic rings. The smallest absolute Gasteiger partial charge is 0.289 e. The summed E-state index contributed by atoms with van der Waals surface area (Å²) in [6, 6.07) is 5.65. The first-order valence-corrected chi connectivity index (χ1v) is 7.62. The van der Waals surface area contributed by atoms with E-state index in [0.717, 1.165) is 40.5 Å². The highest BCUT2D eigenvalue weighted by Crippen LogP contribution is 2.31. The lowest BCUT2D eigenvalue weighted by atomic mass is 10.2. The van der Waals surface area contributed by atoms with Gasteiger partial charge in [0.05, 0.1) is 4.47 Å². The van der Waals surface area contributed by atoms with Crippen molar-refractivity contribution in [3.63, 3.8) is 0 Å². The molecule has 0 radical (unpaired) electrons. The molecule has 0 atom stereocenters. The Kier molecular flexibility index (Phi) is 3.64. The van der Waals surface area contributed by atoms with E-state index in [1.807, 2.05) is 17.0 Å². The van der Waals surface area contributed by atoms with Crippen molar-refractivity contribution in [3.05, 3.63) is 32.9 Å². The van der Waals surface area contributed by atoms with E-state index in [1.165, 1.54) is 0 Å². The van der Waals surface area contributed by atoms with Crippen LogP contribution < -0.4 is 5.32 Å². The first-order chi connectivity index (χ1) is 9.15. The lowest BCUT2D eigenvalue weighted by Gasteiger charge is -2.26. The Bertz CT molecular complexity index is 633. The lowest BCUT2D eigenvalue weighted by Crippen LogP contribution is -2.46. The number of nitrogens with one attached hydrogen (secondary N) is 1. The van der Waals surface area contributed by atoms with Gasteiger partial charge in [0.2, 0.25) is 0 Å². The molecular weight excluding hydrogens is 376 g/mol. The minimum Gasteiger partial charge on any atom is -0.450 e. The molecule has 0 aliphatic carbocycles. The average Bonchev–Trinajstić information content (AvgIpc) is 2.83. The zero-order valence-electron chi connectivity index (χ0n) is 10.1. The molecule has 0 saturated carbocycles. The fraction of sp³-hybridized carbons (Fsp3) is 0.308. The molecule has 1 saturated heterocycles. The Hall–Kier alpha value is -0.850. The summed E-state index contributed by atoms with van der Waals surface area (Å²) < 4.78 is 7.49. The standard InChI is InChI=1S/C13H12Br2N2O2/c14-9-5-8-6-11(19-12(8)10(15)7-9)13(18)17-3-1-16-2-4-17/h5-7,16H,1-4H2. The number of benzene rings is 1. The number of nitrogens with zero attached hydrogens (tertiary/aromatic N) is 1. The van der Waals surface area contributed by atoms with Gasteiger partial charge in [0.1, 0.15) is 5.58 Å². The minimum absolute atomic E-state index is 0.0410. The lowest BCUT2D eigenvalue weighted by molar-refractivity contribution is 0.0706. The van der Waals surface area contributed by atoms with Crippen LogP contribution in [0.5, 0.6) is 0 Å². The highest BCUT2D eigenvalue weighted by atomic mass is 79.9. The van der Waals surface area contributed by atoms with Gasteiger partial charge in [0, 0.05) is 36.0 Å². The van der Waals surface area contributed by atoms with Gasteiger partial charge >= 0.3 is 0 Å². The summed E-state index contributed by atoms with van der Waals surface area (Å²) in [4.78, 5) is 14.2. The number of carbonyl (C=O) groups excluding carboxylic acids is 1. The van der Waals surface area contributed by atoms with Crippen molar-refractivity contribution < 1.29 is 9.21 Å². The van der Waals surface area contributed by atoms with E-state index in [4.69, 9.17) is 4.42 Å². The fourth-order valence-electron chi connectivity index (χ4n) is 2.20. The van der Waals surface area contributed by atoms with E-state index in [2.05, 4.69) is 37.2 Å². The summed E-state index contributed by atoms with van der Waals surface area (Å²) in [7, 11) is 0. The van der Waals surface area contributed by atoms with E-state index in [-0.39, 0.29) is 5.91 Å². The molecule has 6 heteroatoms. The van der Waals surface area contributed by atoms with Crippen molar-refractivity contribution in [1.29, 1.82) is 0 Å². The first kappa shape index (κ1) is 13.1. The molecule has 0 unspecified atom stereocenters. The van der Waals surface area contributed by atoms with Crippen molar-refractivity contribution in [2.24, 2.45) is 0 Å². The Balaban J connectivity index is 1.96. The number of hydrogen-bond acceptors (Lipinski definition) is 3. The molecule has 1 aromatic carbocycles. The highest BCUT2D eigenvalue weighted by molar-refractivity contribution is 9.11. The van der Waals surface area contributed by atoms with Crippen LogP contribution in [0.3, 0.4) is 0 Å². The second-order valence-corrected chi connectivity index (χ2v) is 6.23. The van der Waals surface area contributed by atoms with E-state index in [1.54, 1.807) is 6.07 Å². The third-order valence-electron chi connectivity index (χ3n) is 3.15. The van der Waals surface area contributed by atoms with E-state index < -0.39 is 0 Å². The largest absolute Gasteiger partial charge is 0.450 e. The van der Waals surface area contributed by atoms with Crippen LogP contribution in [-0.2, 0) is 0 Å². The normalized spacial score (nSPS) is 16.0. The topological polar surface area (TPSA) is 45.5 Å². The molecule has 1 aliphatic rings. The van der Waals surface area contributed by atoms with Crippen LogP contribution in [0.15, 0.2) is 31.6 Å². The summed E-state index contributed by atoms with van der Waals surface area (Å²) in [6.07, 6.45) is 0. The van der Waals surface area contributed by atoms with Gasteiger partial charge in [-0.25, -0.2) is 0 Å². The number of carbonyl (C=O) groups is 1. The maximum atomic E-state index is 12.3. The minimum atomic E-state index is -0.0410. The molecule has 0 bridgehead atoms. The summed E-state index contributed by atoms with van der Waals surface area (Å²) in [6.45, 7) is 3.11. The van der Waals surface area contributed by atoms with Crippen LogP contribution in [0.2, 0.25) is 0 Å².